The Morgan fingerprint density at radius 2 is 2.37 bits per heavy atom. The van der Waals surface area contributed by atoms with E-state index in [2.05, 4.69) is 0 Å². The van der Waals surface area contributed by atoms with Crippen LogP contribution in [0.25, 0.3) is 0 Å². The zero-order valence-electron chi connectivity index (χ0n) is 10.6. The number of hydrogen-bond donors (Lipinski definition) is 1. The van der Waals surface area contributed by atoms with E-state index in [1.54, 1.807) is 16.2 Å². The van der Waals surface area contributed by atoms with Crippen LogP contribution in [0.15, 0.2) is 17.5 Å². The molecule has 6 heteroatoms. The number of carbonyl (C=O) groups is 2. The Labute approximate surface area is 115 Å². The quantitative estimate of drug-likeness (QED) is 0.886. The molecular formula is C13H17NO4S. The molecular weight excluding hydrogens is 266 g/mol. The second-order valence-corrected chi connectivity index (χ2v) is 5.54. The van der Waals surface area contributed by atoms with Gasteiger partial charge in [-0.2, -0.15) is 0 Å². The summed E-state index contributed by atoms with van der Waals surface area (Å²) in [4.78, 5) is 25.6. The van der Waals surface area contributed by atoms with Gasteiger partial charge >= 0.3 is 5.97 Å². The number of ether oxygens (including phenoxy) is 1. The number of rotatable bonds is 5. The van der Waals surface area contributed by atoms with Crippen molar-refractivity contribution in [2.75, 3.05) is 19.7 Å². The Hall–Kier alpha value is -1.40. The fourth-order valence-electron chi connectivity index (χ4n) is 2.11. The van der Waals surface area contributed by atoms with Gasteiger partial charge in [0.25, 0.3) is 0 Å². The minimum Gasteiger partial charge on any atom is -0.481 e. The molecule has 1 aliphatic rings. The van der Waals surface area contributed by atoms with Crippen molar-refractivity contribution < 1.29 is 19.4 Å². The van der Waals surface area contributed by atoms with Crippen LogP contribution in [0, 0.1) is 0 Å². The lowest BCUT2D eigenvalue weighted by molar-refractivity contribution is -0.147. The molecule has 1 unspecified atom stereocenters. The lowest BCUT2D eigenvalue weighted by Gasteiger charge is -2.32. The molecule has 2 heterocycles. The van der Waals surface area contributed by atoms with Gasteiger partial charge < -0.3 is 14.7 Å². The van der Waals surface area contributed by atoms with Gasteiger partial charge in [-0.25, -0.2) is 0 Å². The Morgan fingerprint density at radius 1 is 1.53 bits per heavy atom. The van der Waals surface area contributed by atoms with E-state index in [4.69, 9.17) is 9.84 Å². The van der Waals surface area contributed by atoms with Crippen molar-refractivity contribution in [1.82, 2.24) is 4.90 Å². The van der Waals surface area contributed by atoms with Crippen LogP contribution < -0.4 is 0 Å². The molecule has 1 aliphatic heterocycles. The van der Waals surface area contributed by atoms with Gasteiger partial charge in [0.2, 0.25) is 5.91 Å². The molecule has 0 aromatic carbocycles. The maximum absolute atomic E-state index is 12.1. The summed E-state index contributed by atoms with van der Waals surface area (Å²) in [6, 6.07) is 3.99. The van der Waals surface area contributed by atoms with Gasteiger partial charge in [0, 0.05) is 24.4 Å². The highest BCUT2D eigenvalue weighted by atomic mass is 32.1. The van der Waals surface area contributed by atoms with Crippen LogP contribution in [0.3, 0.4) is 0 Å². The molecule has 1 aromatic rings. The van der Waals surface area contributed by atoms with Crippen molar-refractivity contribution in [3.8, 4) is 0 Å². The molecule has 1 atom stereocenters. The second kappa shape index (κ2) is 6.68. The minimum absolute atomic E-state index is 0.0469. The molecule has 0 spiro atoms. The molecule has 104 valence electrons. The summed E-state index contributed by atoms with van der Waals surface area (Å²) in [5, 5.41) is 10.7. The van der Waals surface area contributed by atoms with E-state index in [1.807, 2.05) is 17.5 Å². The topological polar surface area (TPSA) is 66.8 Å². The molecule has 1 saturated heterocycles. The maximum Gasteiger partial charge on any atom is 0.306 e. The van der Waals surface area contributed by atoms with Crippen molar-refractivity contribution >= 4 is 23.2 Å². The number of aryl methyl sites for hydroxylation is 1. The number of hydrogen-bond acceptors (Lipinski definition) is 4. The standard InChI is InChI=1S/C13H17NO4S/c15-12(4-3-11-2-1-7-19-11)14-5-6-18-10(9-14)8-13(16)17/h1-2,7,10H,3-6,8-9H2,(H,16,17). The van der Waals surface area contributed by atoms with Crippen LogP contribution in [-0.2, 0) is 20.7 Å². The molecule has 19 heavy (non-hydrogen) atoms. The van der Waals surface area contributed by atoms with E-state index >= 15 is 0 Å². The van der Waals surface area contributed by atoms with Gasteiger partial charge in [-0.15, -0.1) is 11.3 Å². The zero-order chi connectivity index (χ0) is 13.7. The molecule has 1 N–H and O–H groups in total. The van der Waals surface area contributed by atoms with E-state index in [-0.39, 0.29) is 18.4 Å². The number of amides is 1. The van der Waals surface area contributed by atoms with E-state index in [0.717, 1.165) is 6.42 Å². The fourth-order valence-corrected chi connectivity index (χ4v) is 2.82. The Balaban J connectivity index is 1.79. The first-order valence-corrected chi connectivity index (χ1v) is 7.16. The van der Waals surface area contributed by atoms with Crippen LogP contribution in [0.5, 0.6) is 0 Å². The first-order valence-electron chi connectivity index (χ1n) is 6.28. The molecule has 0 radical (unpaired) electrons. The summed E-state index contributed by atoms with van der Waals surface area (Å²) >= 11 is 1.65. The third kappa shape index (κ3) is 4.33. The number of carbonyl (C=O) groups excluding carboxylic acids is 1. The molecule has 0 bridgehead atoms. The van der Waals surface area contributed by atoms with E-state index in [1.165, 1.54) is 4.88 Å². The van der Waals surface area contributed by atoms with Gasteiger partial charge in [0.05, 0.1) is 19.1 Å². The molecule has 2 rings (SSSR count). The SMILES string of the molecule is O=C(O)CC1CN(C(=O)CCc2cccs2)CCO1. The van der Waals surface area contributed by atoms with Gasteiger partial charge in [0.15, 0.2) is 0 Å². The predicted molar refractivity (Wildman–Crippen MR) is 71.2 cm³/mol. The fraction of sp³-hybridized carbons (Fsp3) is 0.538. The highest BCUT2D eigenvalue weighted by Crippen LogP contribution is 2.14. The summed E-state index contributed by atoms with van der Waals surface area (Å²) in [5.74, 6) is -0.815. The highest BCUT2D eigenvalue weighted by molar-refractivity contribution is 7.09. The van der Waals surface area contributed by atoms with Crippen molar-refractivity contribution in [2.45, 2.75) is 25.4 Å². The summed E-state index contributed by atoms with van der Waals surface area (Å²) in [7, 11) is 0. The van der Waals surface area contributed by atoms with E-state index < -0.39 is 5.97 Å². The number of carboxylic acids is 1. The molecule has 0 saturated carbocycles. The molecule has 0 aliphatic carbocycles. The lowest BCUT2D eigenvalue weighted by atomic mass is 10.2. The Bertz CT molecular complexity index is 432. The van der Waals surface area contributed by atoms with Crippen LogP contribution in [0.1, 0.15) is 17.7 Å². The Morgan fingerprint density at radius 3 is 3.05 bits per heavy atom. The van der Waals surface area contributed by atoms with Crippen LogP contribution in [0.2, 0.25) is 0 Å². The Kier molecular flexibility index (Phi) is 4.93. The number of aliphatic carboxylic acids is 1. The largest absolute Gasteiger partial charge is 0.481 e. The predicted octanol–water partition coefficient (Wildman–Crippen LogP) is 1.38. The van der Waals surface area contributed by atoms with Gasteiger partial charge in [-0.05, 0) is 17.9 Å². The molecule has 1 amide bonds. The third-order valence-electron chi connectivity index (χ3n) is 3.06. The number of nitrogens with zero attached hydrogens (tertiary/aromatic N) is 1. The normalized spacial score (nSPS) is 19.4. The number of thiophene rings is 1. The lowest BCUT2D eigenvalue weighted by Crippen LogP contribution is -2.46. The smallest absolute Gasteiger partial charge is 0.306 e. The zero-order valence-corrected chi connectivity index (χ0v) is 11.4. The molecule has 5 nitrogen and oxygen atoms in total. The van der Waals surface area contributed by atoms with Crippen molar-refractivity contribution in [3.05, 3.63) is 22.4 Å². The highest BCUT2D eigenvalue weighted by Gasteiger charge is 2.25. The number of morpholine rings is 1. The number of carboxylic acid groups (broad SMARTS) is 1. The third-order valence-corrected chi connectivity index (χ3v) is 4.00. The summed E-state index contributed by atoms with van der Waals surface area (Å²) < 4.78 is 5.35. The first-order chi connectivity index (χ1) is 9.15. The monoisotopic (exact) mass is 283 g/mol. The van der Waals surface area contributed by atoms with Crippen LogP contribution >= 0.6 is 11.3 Å². The average molecular weight is 283 g/mol. The van der Waals surface area contributed by atoms with Gasteiger partial charge in [-0.1, -0.05) is 6.07 Å². The van der Waals surface area contributed by atoms with E-state index in [0.29, 0.717) is 26.1 Å². The van der Waals surface area contributed by atoms with Crippen LogP contribution in [-0.4, -0.2) is 47.7 Å². The second-order valence-electron chi connectivity index (χ2n) is 4.51. The van der Waals surface area contributed by atoms with Crippen molar-refractivity contribution in [2.24, 2.45) is 0 Å². The van der Waals surface area contributed by atoms with Gasteiger partial charge in [-0.3, -0.25) is 9.59 Å². The minimum atomic E-state index is -0.891. The van der Waals surface area contributed by atoms with Crippen molar-refractivity contribution in [3.63, 3.8) is 0 Å². The first kappa shape index (κ1) is 14.0. The summed E-state index contributed by atoms with van der Waals surface area (Å²) in [5.41, 5.74) is 0. The van der Waals surface area contributed by atoms with Crippen molar-refractivity contribution in [1.29, 1.82) is 0 Å². The van der Waals surface area contributed by atoms with Crippen LogP contribution in [0.4, 0.5) is 0 Å². The van der Waals surface area contributed by atoms with E-state index in [9.17, 15) is 9.59 Å². The maximum atomic E-state index is 12.1. The summed E-state index contributed by atoms with van der Waals surface area (Å²) in [6.07, 6.45) is 0.795. The molecule has 1 fully saturated rings. The molecule has 1 aromatic heterocycles. The van der Waals surface area contributed by atoms with Gasteiger partial charge in [0.1, 0.15) is 0 Å². The average Bonchev–Trinajstić information content (AvgIpc) is 2.88. The summed E-state index contributed by atoms with van der Waals surface area (Å²) in [6.45, 7) is 1.36.